The highest BCUT2D eigenvalue weighted by Gasteiger charge is 2.62. The first-order valence-corrected chi connectivity index (χ1v) is 15.8. The minimum Gasteiger partial charge on any atom is -0.347 e. The van der Waals surface area contributed by atoms with E-state index in [1.165, 1.54) is 17.9 Å². The fourth-order valence-electron chi connectivity index (χ4n) is 5.27. The topological polar surface area (TPSA) is 162 Å². The fourth-order valence-corrected chi connectivity index (χ4v) is 6.64. The summed E-state index contributed by atoms with van der Waals surface area (Å²) >= 11 is 0. The lowest BCUT2D eigenvalue weighted by molar-refractivity contribution is -0.141. The molecule has 0 bridgehead atoms. The number of amides is 5. The molecule has 0 radical (unpaired) electrons. The van der Waals surface area contributed by atoms with Gasteiger partial charge in [0.1, 0.15) is 17.6 Å². The van der Waals surface area contributed by atoms with E-state index >= 15 is 0 Å². The van der Waals surface area contributed by atoms with Crippen molar-refractivity contribution in [1.82, 2.24) is 25.2 Å². The SMILES string of the molecule is C=CC(=O)N(C)C(C)CCC/C=C\[C@@H]1C[C@]1(NC(=O)[C@@H]1C[C@@H](C)CN1C(=O)[C@H](C)NC=O)C(=O)NS(=O)(=O)C1CC1. The average Bonchev–Trinajstić information content (AvgIpc) is 3.85. The first kappa shape index (κ1) is 32.3. The zero-order valence-electron chi connectivity index (χ0n) is 24.3. The number of hydrogen-bond donors (Lipinski definition) is 3. The lowest BCUT2D eigenvalue weighted by atomic mass is 10.1. The Bertz CT molecular complexity index is 1180. The monoisotopic (exact) mass is 593 g/mol. The lowest BCUT2D eigenvalue weighted by Crippen LogP contribution is -2.57. The van der Waals surface area contributed by atoms with Crippen LogP contribution in [-0.4, -0.2) is 90.8 Å². The molecule has 2 aliphatic carbocycles. The van der Waals surface area contributed by atoms with Gasteiger partial charge in [0.05, 0.1) is 5.25 Å². The maximum Gasteiger partial charge on any atom is 0.259 e. The Kier molecular flexibility index (Phi) is 10.4. The molecule has 3 fully saturated rings. The summed E-state index contributed by atoms with van der Waals surface area (Å²) in [5.41, 5.74) is -1.44. The third-order valence-corrected chi connectivity index (χ3v) is 10.1. The first-order valence-electron chi connectivity index (χ1n) is 14.2. The van der Waals surface area contributed by atoms with E-state index in [0.717, 1.165) is 12.8 Å². The van der Waals surface area contributed by atoms with Crippen molar-refractivity contribution in [2.75, 3.05) is 13.6 Å². The molecule has 0 spiro atoms. The largest absolute Gasteiger partial charge is 0.347 e. The molecule has 1 aliphatic heterocycles. The summed E-state index contributed by atoms with van der Waals surface area (Å²) in [6.45, 7) is 9.22. The van der Waals surface area contributed by atoms with Crippen molar-refractivity contribution in [2.45, 2.75) is 94.6 Å². The van der Waals surface area contributed by atoms with Crippen LogP contribution in [0.3, 0.4) is 0 Å². The normalized spacial score (nSPS) is 27.0. The summed E-state index contributed by atoms with van der Waals surface area (Å²) in [6.07, 6.45) is 9.23. The second-order valence-corrected chi connectivity index (χ2v) is 13.6. The van der Waals surface area contributed by atoms with Gasteiger partial charge in [-0.2, -0.15) is 0 Å². The number of nitrogens with zero attached hydrogens (tertiary/aromatic N) is 2. The van der Waals surface area contributed by atoms with Crippen LogP contribution < -0.4 is 15.4 Å². The summed E-state index contributed by atoms with van der Waals surface area (Å²) < 4.78 is 27.3. The summed E-state index contributed by atoms with van der Waals surface area (Å²) in [5.74, 6) is -2.24. The van der Waals surface area contributed by atoms with E-state index in [1.54, 1.807) is 11.9 Å². The van der Waals surface area contributed by atoms with Gasteiger partial charge in [0, 0.05) is 25.6 Å². The van der Waals surface area contributed by atoms with Gasteiger partial charge in [-0.1, -0.05) is 25.7 Å². The molecular weight excluding hydrogens is 550 g/mol. The molecule has 5 amide bonds. The number of allylic oxidation sites excluding steroid dienone is 1. The number of likely N-dealkylation sites (N-methyl/N-ethyl adjacent to an activating group) is 1. The predicted molar refractivity (Wildman–Crippen MR) is 152 cm³/mol. The fraction of sp³-hybridized carbons (Fsp3) is 0.679. The summed E-state index contributed by atoms with van der Waals surface area (Å²) in [5, 5.41) is 4.62. The molecule has 41 heavy (non-hydrogen) atoms. The van der Waals surface area contributed by atoms with Gasteiger partial charge in [0.15, 0.2) is 0 Å². The van der Waals surface area contributed by atoms with E-state index in [1.807, 2.05) is 26.0 Å². The van der Waals surface area contributed by atoms with E-state index in [2.05, 4.69) is 21.9 Å². The molecule has 0 aromatic heterocycles. The Hall–Kier alpha value is -3.22. The van der Waals surface area contributed by atoms with E-state index in [-0.39, 0.29) is 24.3 Å². The number of unbranched alkanes of at least 4 members (excludes halogenated alkanes) is 1. The average molecular weight is 594 g/mol. The molecule has 0 aromatic carbocycles. The van der Waals surface area contributed by atoms with Crippen LogP contribution in [0.4, 0.5) is 0 Å². The molecule has 1 saturated heterocycles. The van der Waals surface area contributed by atoms with Crippen LogP contribution in [0.2, 0.25) is 0 Å². The number of likely N-dealkylation sites (tertiary alicyclic amines) is 1. The Labute approximate surface area is 242 Å². The number of sulfonamides is 1. The lowest BCUT2D eigenvalue weighted by Gasteiger charge is -2.28. The number of hydrogen-bond acceptors (Lipinski definition) is 7. The smallest absolute Gasteiger partial charge is 0.259 e. The number of carbonyl (C=O) groups is 5. The van der Waals surface area contributed by atoms with Crippen LogP contribution in [0.15, 0.2) is 24.8 Å². The van der Waals surface area contributed by atoms with Crippen molar-refractivity contribution >= 4 is 40.1 Å². The highest BCUT2D eigenvalue weighted by Crippen LogP contribution is 2.46. The van der Waals surface area contributed by atoms with E-state index < -0.39 is 56.5 Å². The van der Waals surface area contributed by atoms with Gasteiger partial charge in [0.25, 0.3) is 5.91 Å². The molecule has 3 aliphatic rings. The molecule has 3 rings (SSSR count). The van der Waals surface area contributed by atoms with Gasteiger partial charge in [0.2, 0.25) is 34.2 Å². The van der Waals surface area contributed by atoms with E-state index in [9.17, 15) is 32.4 Å². The molecule has 13 heteroatoms. The van der Waals surface area contributed by atoms with Crippen LogP contribution >= 0.6 is 0 Å². The van der Waals surface area contributed by atoms with Crippen molar-refractivity contribution in [3.8, 4) is 0 Å². The van der Waals surface area contributed by atoms with Gasteiger partial charge in [-0.05, 0) is 70.8 Å². The molecule has 6 atom stereocenters. The van der Waals surface area contributed by atoms with Gasteiger partial charge < -0.3 is 20.4 Å². The zero-order chi connectivity index (χ0) is 30.5. The van der Waals surface area contributed by atoms with E-state index in [0.29, 0.717) is 38.6 Å². The zero-order valence-corrected chi connectivity index (χ0v) is 25.1. The third-order valence-electron chi connectivity index (χ3n) is 8.29. The number of carbonyl (C=O) groups excluding carboxylic acids is 5. The molecule has 12 nitrogen and oxygen atoms in total. The van der Waals surface area contributed by atoms with Crippen LogP contribution in [0, 0.1) is 11.8 Å². The van der Waals surface area contributed by atoms with Crippen molar-refractivity contribution in [2.24, 2.45) is 11.8 Å². The second kappa shape index (κ2) is 13.2. The van der Waals surface area contributed by atoms with Crippen LogP contribution in [0.25, 0.3) is 0 Å². The molecule has 1 unspecified atom stereocenters. The molecule has 3 N–H and O–H groups in total. The first-order chi connectivity index (χ1) is 19.3. The summed E-state index contributed by atoms with van der Waals surface area (Å²) in [7, 11) is -2.11. The predicted octanol–water partition coefficient (Wildman–Crippen LogP) is 0.601. The standard InChI is InChI=1S/C28H43N5O7S/c1-6-24(35)32(5)19(3)10-8-7-9-11-21-15-28(21,27(38)31-41(39,40)22-12-13-22)30-25(36)23-14-18(2)16-33(23)26(37)20(4)29-17-34/h6,9,11,17-23H,1,7-8,10,12-16H2,2-5H3,(H,29,34)(H,30,36)(H,31,38)/b11-9-/t18-,19?,20+,21-,23+,28-/m1/s1. The molecular formula is C28H43N5O7S. The van der Waals surface area contributed by atoms with Crippen LogP contribution in [0.5, 0.6) is 0 Å². The Balaban J connectivity index is 1.69. The van der Waals surface area contributed by atoms with Gasteiger partial charge in [-0.25, -0.2) is 8.42 Å². The molecule has 1 heterocycles. The molecule has 2 saturated carbocycles. The van der Waals surface area contributed by atoms with Crippen molar-refractivity contribution in [3.05, 3.63) is 24.8 Å². The van der Waals surface area contributed by atoms with Gasteiger partial charge in [-0.15, -0.1) is 0 Å². The second-order valence-electron chi connectivity index (χ2n) is 11.7. The molecule has 0 aromatic rings. The van der Waals surface area contributed by atoms with Crippen LogP contribution in [0.1, 0.15) is 65.7 Å². The van der Waals surface area contributed by atoms with Crippen LogP contribution in [-0.2, 0) is 34.0 Å². The minimum atomic E-state index is -3.83. The summed E-state index contributed by atoms with van der Waals surface area (Å²) in [4.78, 5) is 65.4. The highest BCUT2D eigenvalue weighted by molar-refractivity contribution is 7.91. The van der Waals surface area contributed by atoms with Gasteiger partial charge >= 0.3 is 0 Å². The maximum absolute atomic E-state index is 13.5. The highest BCUT2D eigenvalue weighted by atomic mass is 32.2. The Morgan fingerprint density at radius 2 is 1.88 bits per heavy atom. The Morgan fingerprint density at radius 3 is 2.49 bits per heavy atom. The number of nitrogens with one attached hydrogen (secondary N) is 3. The van der Waals surface area contributed by atoms with Crippen molar-refractivity contribution < 1.29 is 32.4 Å². The quantitative estimate of drug-likeness (QED) is 0.108. The van der Waals surface area contributed by atoms with E-state index in [4.69, 9.17) is 0 Å². The van der Waals surface area contributed by atoms with Gasteiger partial charge in [-0.3, -0.25) is 28.7 Å². The Morgan fingerprint density at radius 1 is 1.20 bits per heavy atom. The number of rotatable bonds is 15. The maximum atomic E-state index is 13.5. The van der Waals surface area contributed by atoms with Crippen molar-refractivity contribution in [3.63, 3.8) is 0 Å². The third kappa shape index (κ3) is 7.75. The molecule has 228 valence electrons. The minimum absolute atomic E-state index is 0.0236. The van der Waals surface area contributed by atoms with Crippen molar-refractivity contribution in [1.29, 1.82) is 0 Å². The summed E-state index contributed by atoms with van der Waals surface area (Å²) in [6, 6.07) is -1.64.